The number of amides is 2. The van der Waals surface area contributed by atoms with E-state index in [1.807, 2.05) is 50.2 Å². The standard InChI is InChI=1S/C25H32N4O3/c1-5-7-10-16-29(25(31)26-19-12-11-13-20(17-19)32-4)18(3)23-27-22-15-9-8-14-21(22)24(30)28(23)6-2/h8-9,11-15,17-18H,5-7,10,16H2,1-4H3,(H,26,31). The Hall–Kier alpha value is -3.35. The molecule has 2 amide bonds. The zero-order valence-corrected chi connectivity index (χ0v) is 19.3. The monoisotopic (exact) mass is 436 g/mol. The van der Waals surface area contributed by atoms with Gasteiger partial charge in [0.25, 0.3) is 5.56 Å². The molecule has 1 aromatic heterocycles. The molecule has 0 aliphatic heterocycles. The minimum atomic E-state index is -0.380. The van der Waals surface area contributed by atoms with Crippen molar-refractivity contribution in [2.75, 3.05) is 19.0 Å². The molecule has 3 aromatic rings. The summed E-state index contributed by atoms with van der Waals surface area (Å²) in [6.07, 6.45) is 2.94. The van der Waals surface area contributed by atoms with E-state index in [1.165, 1.54) is 0 Å². The number of para-hydroxylation sites is 1. The van der Waals surface area contributed by atoms with E-state index in [0.29, 0.717) is 41.3 Å². The summed E-state index contributed by atoms with van der Waals surface area (Å²) in [4.78, 5) is 33.0. The van der Waals surface area contributed by atoms with Crippen molar-refractivity contribution >= 4 is 22.6 Å². The van der Waals surface area contributed by atoms with Gasteiger partial charge in [-0.15, -0.1) is 0 Å². The van der Waals surface area contributed by atoms with Crippen molar-refractivity contribution in [1.29, 1.82) is 0 Å². The van der Waals surface area contributed by atoms with Crippen LogP contribution in [0.5, 0.6) is 5.75 Å². The zero-order valence-electron chi connectivity index (χ0n) is 19.3. The fourth-order valence-corrected chi connectivity index (χ4v) is 3.85. The number of carbonyl (C=O) groups excluding carboxylic acids is 1. The highest BCUT2D eigenvalue weighted by Crippen LogP contribution is 2.23. The normalized spacial score (nSPS) is 11.9. The van der Waals surface area contributed by atoms with Crippen molar-refractivity contribution in [1.82, 2.24) is 14.5 Å². The number of unbranched alkanes of at least 4 members (excludes halogenated alkanes) is 2. The summed E-state index contributed by atoms with van der Waals surface area (Å²) in [6.45, 7) is 7.03. The Balaban J connectivity index is 1.97. The van der Waals surface area contributed by atoms with Crippen LogP contribution in [0, 0.1) is 0 Å². The van der Waals surface area contributed by atoms with Gasteiger partial charge < -0.3 is 15.0 Å². The molecular formula is C25H32N4O3. The number of hydrogen-bond donors (Lipinski definition) is 1. The second-order valence-corrected chi connectivity index (χ2v) is 7.78. The molecular weight excluding hydrogens is 404 g/mol. The van der Waals surface area contributed by atoms with Gasteiger partial charge in [0, 0.05) is 24.8 Å². The predicted octanol–water partition coefficient (Wildman–Crippen LogP) is 5.21. The van der Waals surface area contributed by atoms with Gasteiger partial charge in [-0.2, -0.15) is 0 Å². The van der Waals surface area contributed by atoms with Gasteiger partial charge in [0.1, 0.15) is 11.6 Å². The van der Waals surface area contributed by atoms with E-state index in [4.69, 9.17) is 9.72 Å². The first-order chi connectivity index (χ1) is 15.5. The molecule has 0 radical (unpaired) electrons. The first-order valence-corrected chi connectivity index (χ1v) is 11.2. The van der Waals surface area contributed by atoms with E-state index in [9.17, 15) is 9.59 Å². The van der Waals surface area contributed by atoms with Crippen LogP contribution in [0.4, 0.5) is 10.5 Å². The maximum atomic E-state index is 13.3. The Bertz CT molecular complexity index is 1130. The molecule has 7 heteroatoms. The fourth-order valence-electron chi connectivity index (χ4n) is 3.85. The zero-order chi connectivity index (χ0) is 23.1. The number of carbonyl (C=O) groups is 1. The number of urea groups is 1. The van der Waals surface area contributed by atoms with Crippen LogP contribution in [0.3, 0.4) is 0 Å². The molecule has 170 valence electrons. The lowest BCUT2D eigenvalue weighted by atomic mass is 10.1. The quantitative estimate of drug-likeness (QED) is 0.467. The maximum absolute atomic E-state index is 13.3. The summed E-state index contributed by atoms with van der Waals surface area (Å²) in [5, 5.41) is 3.56. The van der Waals surface area contributed by atoms with E-state index in [0.717, 1.165) is 19.3 Å². The molecule has 0 aliphatic rings. The molecule has 0 bridgehead atoms. The van der Waals surface area contributed by atoms with E-state index in [-0.39, 0.29) is 17.6 Å². The maximum Gasteiger partial charge on any atom is 0.322 e. The summed E-state index contributed by atoms with van der Waals surface area (Å²) in [6, 6.07) is 14.0. The summed E-state index contributed by atoms with van der Waals surface area (Å²) in [5.41, 5.74) is 1.22. The Morgan fingerprint density at radius 1 is 1.16 bits per heavy atom. The van der Waals surface area contributed by atoms with Crippen molar-refractivity contribution in [3.63, 3.8) is 0 Å². The molecule has 7 nitrogen and oxygen atoms in total. The highest BCUT2D eigenvalue weighted by molar-refractivity contribution is 5.89. The van der Waals surface area contributed by atoms with E-state index < -0.39 is 0 Å². The van der Waals surface area contributed by atoms with Crippen LogP contribution < -0.4 is 15.6 Å². The third-order valence-electron chi connectivity index (χ3n) is 5.63. The number of anilines is 1. The number of nitrogens with one attached hydrogen (secondary N) is 1. The summed E-state index contributed by atoms with van der Waals surface area (Å²) in [7, 11) is 1.59. The molecule has 3 rings (SSSR count). The van der Waals surface area contributed by atoms with Crippen LogP contribution in [0.1, 0.15) is 51.9 Å². The van der Waals surface area contributed by atoms with Crippen molar-refractivity contribution in [3.8, 4) is 5.75 Å². The van der Waals surface area contributed by atoms with Gasteiger partial charge in [-0.1, -0.05) is 38.0 Å². The van der Waals surface area contributed by atoms with Crippen LogP contribution in [-0.2, 0) is 6.54 Å². The molecule has 0 saturated heterocycles. The highest BCUT2D eigenvalue weighted by atomic mass is 16.5. The molecule has 32 heavy (non-hydrogen) atoms. The second-order valence-electron chi connectivity index (χ2n) is 7.78. The van der Waals surface area contributed by atoms with E-state index in [2.05, 4.69) is 12.2 Å². The smallest absolute Gasteiger partial charge is 0.322 e. The van der Waals surface area contributed by atoms with Crippen LogP contribution in [0.15, 0.2) is 53.3 Å². The minimum Gasteiger partial charge on any atom is -0.497 e. The Morgan fingerprint density at radius 3 is 2.66 bits per heavy atom. The molecule has 1 N–H and O–H groups in total. The van der Waals surface area contributed by atoms with Crippen LogP contribution in [0.25, 0.3) is 10.9 Å². The number of rotatable bonds is 9. The van der Waals surface area contributed by atoms with Gasteiger partial charge in [-0.25, -0.2) is 9.78 Å². The summed E-state index contributed by atoms with van der Waals surface area (Å²) >= 11 is 0. The SMILES string of the molecule is CCCCCN(C(=O)Nc1cccc(OC)c1)C(C)c1nc2ccccc2c(=O)n1CC. The van der Waals surface area contributed by atoms with Gasteiger partial charge in [-0.05, 0) is 44.5 Å². The average Bonchev–Trinajstić information content (AvgIpc) is 2.81. The first kappa shape index (κ1) is 23.3. The number of nitrogens with zero attached hydrogens (tertiary/aromatic N) is 3. The number of ether oxygens (including phenoxy) is 1. The second kappa shape index (κ2) is 10.8. The van der Waals surface area contributed by atoms with Gasteiger partial charge >= 0.3 is 6.03 Å². The first-order valence-electron chi connectivity index (χ1n) is 11.2. The Morgan fingerprint density at radius 2 is 1.94 bits per heavy atom. The van der Waals surface area contributed by atoms with Crippen molar-refractivity contribution in [2.45, 2.75) is 52.6 Å². The number of fused-ring (bicyclic) bond motifs is 1. The molecule has 0 spiro atoms. The third-order valence-corrected chi connectivity index (χ3v) is 5.63. The molecule has 2 aromatic carbocycles. The molecule has 0 aliphatic carbocycles. The number of benzene rings is 2. The van der Waals surface area contributed by atoms with E-state index >= 15 is 0 Å². The van der Waals surface area contributed by atoms with Crippen LogP contribution >= 0.6 is 0 Å². The predicted molar refractivity (Wildman–Crippen MR) is 128 cm³/mol. The van der Waals surface area contributed by atoms with Crippen molar-refractivity contribution < 1.29 is 9.53 Å². The fraction of sp³-hybridized carbons (Fsp3) is 0.400. The van der Waals surface area contributed by atoms with E-state index in [1.54, 1.807) is 28.7 Å². The number of aromatic nitrogens is 2. The van der Waals surface area contributed by atoms with Crippen molar-refractivity contribution in [3.05, 3.63) is 64.7 Å². The van der Waals surface area contributed by atoms with Gasteiger partial charge in [0.2, 0.25) is 0 Å². The van der Waals surface area contributed by atoms with Gasteiger partial charge in [0.15, 0.2) is 0 Å². The van der Waals surface area contributed by atoms with Gasteiger partial charge in [0.05, 0.1) is 24.1 Å². The lowest BCUT2D eigenvalue weighted by Crippen LogP contribution is -2.40. The molecule has 1 heterocycles. The lowest BCUT2D eigenvalue weighted by molar-refractivity contribution is 0.186. The Kier molecular flexibility index (Phi) is 7.87. The van der Waals surface area contributed by atoms with Crippen LogP contribution in [0.2, 0.25) is 0 Å². The molecule has 1 unspecified atom stereocenters. The molecule has 0 fully saturated rings. The van der Waals surface area contributed by atoms with Gasteiger partial charge in [-0.3, -0.25) is 9.36 Å². The lowest BCUT2D eigenvalue weighted by Gasteiger charge is -2.30. The van der Waals surface area contributed by atoms with Crippen LogP contribution in [-0.4, -0.2) is 34.1 Å². The topological polar surface area (TPSA) is 76.5 Å². The molecule has 0 saturated carbocycles. The average molecular weight is 437 g/mol. The van der Waals surface area contributed by atoms with Crippen molar-refractivity contribution in [2.24, 2.45) is 0 Å². The summed E-state index contributed by atoms with van der Waals surface area (Å²) in [5.74, 6) is 1.26. The Labute approximate surface area is 189 Å². The highest BCUT2D eigenvalue weighted by Gasteiger charge is 2.26. The largest absolute Gasteiger partial charge is 0.497 e. The molecule has 1 atom stereocenters. The summed E-state index contributed by atoms with van der Waals surface area (Å²) < 4.78 is 6.93. The third kappa shape index (κ3) is 5.10. The number of methoxy groups -OCH3 is 1. The minimum absolute atomic E-state index is 0.0818. The number of hydrogen-bond acceptors (Lipinski definition) is 4.